The number of benzene rings is 1. The third kappa shape index (κ3) is 1.67. The van der Waals surface area contributed by atoms with Gasteiger partial charge in [-0.1, -0.05) is 12.2 Å². The quantitative estimate of drug-likeness (QED) is 0.761. The number of hydrogen-bond donors (Lipinski definition) is 1. The van der Waals surface area contributed by atoms with Crippen LogP contribution in [0.2, 0.25) is 0 Å². The Balaban J connectivity index is 2.57. The summed E-state index contributed by atoms with van der Waals surface area (Å²) >= 11 is 5.33. The summed E-state index contributed by atoms with van der Waals surface area (Å²) < 4.78 is 18.9. The van der Waals surface area contributed by atoms with E-state index in [4.69, 9.17) is 17.0 Å². The zero-order chi connectivity index (χ0) is 11.9. The second kappa shape index (κ2) is 3.70. The number of hydrogen-bond acceptors (Lipinski definition) is 3. The Bertz CT molecular complexity index is 457. The standard InChI is InChI=1S/C12H14FNOS/c1-12(2)10(16)6-7-9(15-3)5-4-8(13)11(7)14-12/h4-5,14H,6H2,1-3H3. The van der Waals surface area contributed by atoms with Gasteiger partial charge >= 0.3 is 0 Å². The first-order valence-corrected chi connectivity index (χ1v) is 5.53. The third-order valence-corrected chi connectivity index (χ3v) is 3.57. The van der Waals surface area contributed by atoms with E-state index in [-0.39, 0.29) is 11.4 Å². The fourth-order valence-corrected chi connectivity index (χ4v) is 2.06. The molecule has 0 unspecified atom stereocenters. The lowest BCUT2D eigenvalue weighted by molar-refractivity contribution is 0.409. The van der Waals surface area contributed by atoms with Crippen molar-refractivity contribution in [2.45, 2.75) is 25.8 Å². The van der Waals surface area contributed by atoms with Crippen LogP contribution in [0, 0.1) is 5.82 Å². The van der Waals surface area contributed by atoms with Gasteiger partial charge in [0.25, 0.3) is 0 Å². The van der Waals surface area contributed by atoms with Crippen molar-refractivity contribution in [1.82, 2.24) is 0 Å². The van der Waals surface area contributed by atoms with Gasteiger partial charge < -0.3 is 10.1 Å². The molecular formula is C12H14FNOS. The summed E-state index contributed by atoms with van der Waals surface area (Å²) in [5.74, 6) is 0.424. The second-order valence-corrected chi connectivity index (χ2v) is 4.95. The average Bonchev–Trinajstić information content (AvgIpc) is 2.22. The van der Waals surface area contributed by atoms with Crippen LogP contribution in [0.4, 0.5) is 10.1 Å². The lowest BCUT2D eigenvalue weighted by Crippen LogP contribution is -2.44. The number of nitrogens with one attached hydrogen (secondary N) is 1. The van der Waals surface area contributed by atoms with Crippen molar-refractivity contribution in [3.05, 3.63) is 23.5 Å². The zero-order valence-corrected chi connectivity index (χ0v) is 10.4. The van der Waals surface area contributed by atoms with Crippen LogP contribution in [0.5, 0.6) is 5.75 Å². The van der Waals surface area contributed by atoms with Crippen molar-refractivity contribution < 1.29 is 9.13 Å². The van der Waals surface area contributed by atoms with Gasteiger partial charge in [-0.2, -0.15) is 0 Å². The maximum Gasteiger partial charge on any atom is 0.146 e. The zero-order valence-electron chi connectivity index (χ0n) is 9.56. The smallest absolute Gasteiger partial charge is 0.146 e. The molecule has 0 bridgehead atoms. The monoisotopic (exact) mass is 239 g/mol. The molecule has 0 spiro atoms. The average molecular weight is 239 g/mol. The van der Waals surface area contributed by atoms with Crippen LogP contribution in [0.3, 0.4) is 0 Å². The van der Waals surface area contributed by atoms with Gasteiger partial charge in [0.2, 0.25) is 0 Å². The highest BCUT2D eigenvalue weighted by Gasteiger charge is 2.32. The van der Waals surface area contributed by atoms with E-state index < -0.39 is 0 Å². The maximum absolute atomic E-state index is 13.7. The summed E-state index contributed by atoms with van der Waals surface area (Å²) in [5, 5.41) is 3.13. The highest BCUT2D eigenvalue weighted by Crippen LogP contribution is 2.36. The molecule has 0 saturated heterocycles. The number of fused-ring (bicyclic) bond motifs is 1. The molecule has 0 fully saturated rings. The molecule has 2 rings (SSSR count). The Morgan fingerprint density at radius 3 is 2.75 bits per heavy atom. The lowest BCUT2D eigenvalue weighted by Gasteiger charge is -2.35. The van der Waals surface area contributed by atoms with Crippen LogP contribution < -0.4 is 10.1 Å². The van der Waals surface area contributed by atoms with Crippen molar-refractivity contribution in [1.29, 1.82) is 0 Å². The molecule has 1 aromatic carbocycles. The van der Waals surface area contributed by atoms with E-state index >= 15 is 0 Å². The van der Waals surface area contributed by atoms with Gasteiger partial charge in [0.05, 0.1) is 18.3 Å². The largest absolute Gasteiger partial charge is 0.496 e. The van der Waals surface area contributed by atoms with E-state index in [1.807, 2.05) is 13.8 Å². The lowest BCUT2D eigenvalue weighted by atomic mass is 9.88. The van der Waals surface area contributed by atoms with Crippen LogP contribution in [0.15, 0.2) is 12.1 Å². The number of thiocarbonyl (C=S) groups is 1. The predicted molar refractivity (Wildman–Crippen MR) is 67.0 cm³/mol. The molecule has 1 heterocycles. The van der Waals surface area contributed by atoms with Gasteiger partial charge in [-0.25, -0.2) is 4.39 Å². The van der Waals surface area contributed by atoms with Gasteiger partial charge in [-0.3, -0.25) is 0 Å². The maximum atomic E-state index is 13.7. The molecule has 1 aromatic rings. The van der Waals surface area contributed by atoms with Crippen molar-refractivity contribution in [2.75, 3.05) is 12.4 Å². The van der Waals surface area contributed by atoms with E-state index in [2.05, 4.69) is 5.32 Å². The highest BCUT2D eigenvalue weighted by atomic mass is 32.1. The van der Waals surface area contributed by atoms with Gasteiger partial charge in [-0.05, 0) is 26.0 Å². The molecule has 2 nitrogen and oxygen atoms in total. The first-order chi connectivity index (χ1) is 7.45. The van der Waals surface area contributed by atoms with Crippen molar-refractivity contribution in [3.8, 4) is 5.75 Å². The topological polar surface area (TPSA) is 21.3 Å². The summed E-state index contributed by atoms with van der Waals surface area (Å²) in [6.45, 7) is 3.91. The molecule has 1 aliphatic rings. The Morgan fingerprint density at radius 2 is 2.12 bits per heavy atom. The van der Waals surface area contributed by atoms with Crippen molar-refractivity contribution in [2.24, 2.45) is 0 Å². The molecule has 0 aromatic heterocycles. The molecule has 16 heavy (non-hydrogen) atoms. The van der Waals surface area contributed by atoms with Crippen molar-refractivity contribution >= 4 is 22.8 Å². The first-order valence-electron chi connectivity index (χ1n) is 5.12. The fourth-order valence-electron chi connectivity index (χ4n) is 1.87. The minimum absolute atomic E-state index is 0.258. The van der Waals surface area contributed by atoms with E-state index in [9.17, 15) is 4.39 Å². The van der Waals surface area contributed by atoms with Crippen LogP contribution in [0.1, 0.15) is 19.4 Å². The molecule has 1 aliphatic heterocycles. The molecule has 0 aliphatic carbocycles. The highest BCUT2D eigenvalue weighted by molar-refractivity contribution is 7.80. The molecule has 86 valence electrons. The normalized spacial score (nSPS) is 17.6. The Hall–Kier alpha value is -1.16. The number of methoxy groups -OCH3 is 1. The summed E-state index contributed by atoms with van der Waals surface area (Å²) in [4.78, 5) is 0.865. The molecule has 0 amide bonds. The van der Waals surface area contributed by atoms with E-state index in [1.54, 1.807) is 13.2 Å². The van der Waals surface area contributed by atoms with E-state index in [0.29, 0.717) is 17.9 Å². The number of rotatable bonds is 1. The molecule has 0 atom stereocenters. The number of anilines is 1. The summed E-state index contributed by atoms with van der Waals surface area (Å²) in [6, 6.07) is 3.05. The second-order valence-electron chi connectivity index (χ2n) is 4.45. The van der Waals surface area contributed by atoms with Crippen LogP contribution in [0.25, 0.3) is 0 Å². The van der Waals surface area contributed by atoms with Gasteiger partial charge in [0.15, 0.2) is 0 Å². The van der Waals surface area contributed by atoms with Gasteiger partial charge in [0.1, 0.15) is 11.6 Å². The minimum atomic E-state index is -0.352. The molecule has 1 N–H and O–H groups in total. The first kappa shape index (κ1) is 11.3. The van der Waals surface area contributed by atoms with Crippen LogP contribution in [-0.4, -0.2) is 17.5 Å². The number of halogens is 1. The van der Waals surface area contributed by atoms with Crippen LogP contribution in [-0.2, 0) is 6.42 Å². The third-order valence-electron chi connectivity index (χ3n) is 2.91. The number of ether oxygens (including phenoxy) is 1. The van der Waals surface area contributed by atoms with Crippen molar-refractivity contribution in [3.63, 3.8) is 0 Å². The van der Waals surface area contributed by atoms with Crippen LogP contribution >= 0.6 is 12.2 Å². The summed E-state index contributed by atoms with van der Waals surface area (Å²) in [7, 11) is 1.58. The molecule has 0 radical (unpaired) electrons. The Kier molecular flexibility index (Phi) is 2.62. The minimum Gasteiger partial charge on any atom is -0.496 e. The van der Waals surface area contributed by atoms with Gasteiger partial charge in [-0.15, -0.1) is 0 Å². The van der Waals surface area contributed by atoms with E-state index in [1.165, 1.54) is 6.07 Å². The predicted octanol–water partition coefficient (Wildman–Crippen LogP) is 2.95. The Labute approximate surface area is 99.8 Å². The van der Waals surface area contributed by atoms with Gasteiger partial charge in [0, 0.05) is 16.8 Å². The SMILES string of the molecule is COc1ccc(F)c2c1CC(=S)C(C)(C)N2. The molecular weight excluding hydrogens is 225 g/mol. The Morgan fingerprint density at radius 1 is 1.44 bits per heavy atom. The summed E-state index contributed by atoms with van der Waals surface area (Å²) in [6.07, 6.45) is 0.575. The molecule has 0 saturated carbocycles. The van der Waals surface area contributed by atoms with E-state index in [0.717, 1.165) is 10.4 Å². The summed E-state index contributed by atoms with van der Waals surface area (Å²) in [5.41, 5.74) is 0.972. The molecule has 4 heteroatoms. The fraction of sp³-hybridized carbons (Fsp3) is 0.417.